The molecule has 10 nitrogen and oxygen atoms in total. The van der Waals surface area contributed by atoms with Crippen molar-refractivity contribution in [3.63, 3.8) is 0 Å². The van der Waals surface area contributed by atoms with E-state index in [0.29, 0.717) is 0 Å². The molecule has 0 unspecified atom stereocenters. The fourth-order valence-electron chi connectivity index (χ4n) is 1.44. The lowest BCUT2D eigenvalue weighted by Gasteiger charge is -2.05. The molecule has 1 aromatic carbocycles. The second-order valence-corrected chi connectivity index (χ2v) is 3.91. The normalized spacial score (nSPS) is 10.3. The molecular formula is C12H14N4O6. The summed E-state index contributed by atoms with van der Waals surface area (Å²) < 4.78 is 4.81. The highest BCUT2D eigenvalue weighted by Crippen LogP contribution is 2.36. The van der Waals surface area contributed by atoms with Crippen molar-refractivity contribution in [1.29, 1.82) is 0 Å². The van der Waals surface area contributed by atoms with Crippen LogP contribution in [0.3, 0.4) is 0 Å². The summed E-state index contributed by atoms with van der Waals surface area (Å²) in [5.74, 6) is -2.56. The second kappa shape index (κ2) is 7.57. The van der Waals surface area contributed by atoms with Crippen LogP contribution in [-0.4, -0.2) is 41.7 Å². The highest BCUT2D eigenvalue weighted by molar-refractivity contribution is 6.35. The van der Waals surface area contributed by atoms with Crippen molar-refractivity contribution in [3.05, 3.63) is 27.8 Å². The Morgan fingerprint density at radius 2 is 2.14 bits per heavy atom. The quantitative estimate of drug-likeness (QED) is 0.300. The molecule has 0 aliphatic carbocycles. The van der Waals surface area contributed by atoms with E-state index >= 15 is 0 Å². The summed E-state index contributed by atoms with van der Waals surface area (Å²) in [6.07, 6.45) is 1.08. The van der Waals surface area contributed by atoms with E-state index in [-0.39, 0.29) is 17.9 Å². The summed E-state index contributed by atoms with van der Waals surface area (Å²) in [6, 6.07) is 2.32. The van der Waals surface area contributed by atoms with Gasteiger partial charge in [0.1, 0.15) is 0 Å². The number of phenols is 1. The van der Waals surface area contributed by atoms with Crippen LogP contribution in [0, 0.1) is 10.1 Å². The highest BCUT2D eigenvalue weighted by Gasteiger charge is 2.19. The second-order valence-electron chi connectivity index (χ2n) is 3.91. The number of aromatic hydroxyl groups is 1. The smallest absolute Gasteiger partial charge is 0.329 e. The van der Waals surface area contributed by atoms with E-state index in [2.05, 4.69) is 10.4 Å². The van der Waals surface area contributed by atoms with Gasteiger partial charge in [-0.3, -0.25) is 19.7 Å². The minimum absolute atomic E-state index is 0.120. The number of nitro groups is 1. The summed E-state index contributed by atoms with van der Waals surface area (Å²) >= 11 is 0. The molecule has 0 radical (unpaired) electrons. The maximum Gasteiger partial charge on any atom is 0.329 e. The first-order valence-corrected chi connectivity index (χ1v) is 6.07. The molecule has 0 spiro atoms. The number of phenolic OH excluding ortho intramolecular Hbond substituents is 1. The van der Waals surface area contributed by atoms with Crippen molar-refractivity contribution in [2.24, 2.45) is 5.10 Å². The maximum atomic E-state index is 11.3. The minimum atomic E-state index is -0.974. The summed E-state index contributed by atoms with van der Waals surface area (Å²) in [5, 5.41) is 26.2. The Labute approximate surface area is 124 Å². The van der Waals surface area contributed by atoms with Gasteiger partial charge in [-0.25, -0.2) is 5.43 Å². The first-order chi connectivity index (χ1) is 10.4. The van der Waals surface area contributed by atoms with Gasteiger partial charge in [-0.15, -0.1) is 0 Å². The lowest BCUT2D eigenvalue weighted by molar-refractivity contribution is -0.386. The number of hydrogen-bond acceptors (Lipinski definition) is 7. The van der Waals surface area contributed by atoms with Gasteiger partial charge in [-0.2, -0.15) is 5.10 Å². The van der Waals surface area contributed by atoms with Crippen molar-refractivity contribution >= 4 is 23.7 Å². The predicted octanol–water partition coefficient (Wildman–Crippen LogP) is -0.105. The first-order valence-electron chi connectivity index (χ1n) is 6.07. The van der Waals surface area contributed by atoms with E-state index in [9.17, 15) is 24.8 Å². The number of carbonyl (C=O) groups excluding carboxylic acids is 2. The fourth-order valence-corrected chi connectivity index (χ4v) is 1.44. The summed E-state index contributed by atoms with van der Waals surface area (Å²) in [5.41, 5.74) is 1.58. The average Bonchev–Trinajstić information content (AvgIpc) is 2.48. The number of amides is 2. The lowest BCUT2D eigenvalue weighted by Crippen LogP contribution is -2.37. The molecule has 118 valence electrons. The zero-order valence-corrected chi connectivity index (χ0v) is 11.8. The van der Waals surface area contributed by atoms with Gasteiger partial charge in [0.15, 0.2) is 5.75 Å². The summed E-state index contributed by atoms with van der Waals surface area (Å²) in [6.45, 7) is 1.94. The molecule has 2 amide bonds. The van der Waals surface area contributed by atoms with E-state index in [1.54, 1.807) is 6.92 Å². The molecule has 3 N–H and O–H groups in total. The molecule has 0 aliphatic heterocycles. The Hall–Kier alpha value is -3.17. The molecule has 1 aromatic rings. The largest absolute Gasteiger partial charge is 0.500 e. The van der Waals surface area contributed by atoms with Gasteiger partial charge in [0.2, 0.25) is 5.75 Å². The molecule has 0 bridgehead atoms. The van der Waals surface area contributed by atoms with Crippen LogP contribution >= 0.6 is 0 Å². The first kappa shape index (κ1) is 16.9. The van der Waals surface area contributed by atoms with Crippen LogP contribution in [0.5, 0.6) is 11.5 Å². The van der Waals surface area contributed by atoms with Crippen LogP contribution in [0.15, 0.2) is 17.2 Å². The number of ether oxygens (including phenoxy) is 1. The van der Waals surface area contributed by atoms with Gasteiger partial charge in [0, 0.05) is 18.2 Å². The molecule has 0 aliphatic rings. The van der Waals surface area contributed by atoms with Crippen molar-refractivity contribution in [1.82, 2.24) is 10.7 Å². The number of nitrogens with zero attached hydrogens (tertiary/aromatic N) is 2. The van der Waals surface area contributed by atoms with E-state index in [1.807, 2.05) is 5.43 Å². The number of carbonyl (C=O) groups is 2. The molecule has 0 saturated heterocycles. The van der Waals surface area contributed by atoms with Crippen LogP contribution in [0.25, 0.3) is 0 Å². The van der Waals surface area contributed by atoms with Gasteiger partial charge in [0.25, 0.3) is 0 Å². The van der Waals surface area contributed by atoms with E-state index in [4.69, 9.17) is 4.74 Å². The number of nitro benzene ring substituents is 1. The third-order valence-corrected chi connectivity index (χ3v) is 2.42. The molecular weight excluding hydrogens is 296 g/mol. The van der Waals surface area contributed by atoms with Gasteiger partial charge in [-0.1, -0.05) is 0 Å². The Kier molecular flexibility index (Phi) is 5.81. The number of nitrogens with one attached hydrogen (secondary N) is 2. The highest BCUT2D eigenvalue weighted by atomic mass is 16.6. The molecule has 1 rings (SSSR count). The number of methoxy groups -OCH3 is 1. The zero-order chi connectivity index (χ0) is 16.7. The van der Waals surface area contributed by atoms with E-state index < -0.39 is 28.2 Å². The Balaban J connectivity index is 2.92. The molecule has 22 heavy (non-hydrogen) atoms. The molecule has 0 saturated carbocycles. The summed E-state index contributed by atoms with van der Waals surface area (Å²) in [4.78, 5) is 32.4. The Bertz CT molecular complexity index is 628. The maximum absolute atomic E-state index is 11.3. The number of likely N-dealkylation sites (N-methyl/N-ethyl adjacent to an activating group) is 1. The minimum Gasteiger partial charge on any atom is -0.500 e. The number of hydrazone groups is 1. The van der Waals surface area contributed by atoms with Gasteiger partial charge >= 0.3 is 17.5 Å². The molecule has 0 atom stereocenters. The van der Waals surface area contributed by atoms with Crippen molar-refractivity contribution < 1.29 is 24.4 Å². The Morgan fingerprint density at radius 3 is 2.68 bits per heavy atom. The van der Waals surface area contributed by atoms with Crippen LogP contribution < -0.4 is 15.5 Å². The van der Waals surface area contributed by atoms with Crippen LogP contribution in [0.1, 0.15) is 12.5 Å². The third kappa shape index (κ3) is 4.16. The standard InChI is InChI=1S/C12H14N4O6/c1-3-13-11(18)12(19)15-14-6-7-4-8(16(20)21)10(17)9(5-7)22-2/h4-6,17H,3H2,1-2H3,(H,13,18)(H,15,19)/b14-6+. The Morgan fingerprint density at radius 1 is 1.45 bits per heavy atom. The topological polar surface area (TPSA) is 143 Å². The molecule has 0 fully saturated rings. The van der Waals surface area contributed by atoms with Crippen molar-refractivity contribution in [2.45, 2.75) is 6.92 Å². The summed E-state index contributed by atoms with van der Waals surface area (Å²) in [7, 11) is 1.23. The van der Waals surface area contributed by atoms with E-state index in [0.717, 1.165) is 12.3 Å². The number of hydrogen-bond donors (Lipinski definition) is 3. The number of benzene rings is 1. The van der Waals surface area contributed by atoms with Crippen LogP contribution in [-0.2, 0) is 9.59 Å². The van der Waals surface area contributed by atoms with Gasteiger partial charge in [0.05, 0.1) is 18.2 Å². The van der Waals surface area contributed by atoms with E-state index in [1.165, 1.54) is 13.2 Å². The van der Waals surface area contributed by atoms with Gasteiger partial charge < -0.3 is 15.2 Å². The lowest BCUT2D eigenvalue weighted by atomic mass is 10.2. The van der Waals surface area contributed by atoms with Crippen LogP contribution in [0.2, 0.25) is 0 Å². The molecule has 0 aromatic heterocycles. The third-order valence-electron chi connectivity index (χ3n) is 2.42. The SMILES string of the molecule is CCNC(=O)C(=O)N/N=C/c1cc(OC)c(O)c([N+](=O)[O-])c1. The molecule has 10 heteroatoms. The number of rotatable bonds is 5. The van der Waals surface area contributed by atoms with Crippen molar-refractivity contribution in [3.8, 4) is 11.5 Å². The van der Waals surface area contributed by atoms with Crippen LogP contribution in [0.4, 0.5) is 5.69 Å². The fraction of sp³-hybridized carbons (Fsp3) is 0.250. The van der Waals surface area contributed by atoms with Gasteiger partial charge in [-0.05, 0) is 13.0 Å². The molecule has 0 heterocycles. The predicted molar refractivity (Wildman–Crippen MR) is 75.7 cm³/mol. The van der Waals surface area contributed by atoms with Crippen molar-refractivity contribution in [2.75, 3.05) is 13.7 Å². The zero-order valence-electron chi connectivity index (χ0n) is 11.8. The monoisotopic (exact) mass is 310 g/mol. The average molecular weight is 310 g/mol.